The number of anilines is 3. The zero-order valence-corrected chi connectivity index (χ0v) is 20.2. The number of hydrogen-bond acceptors (Lipinski definition) is 5. The molecule has 2 fully saturated rings. The van der Waals surface area contributed by atoms with Gasteiger partial charge in [-0.25, -0.2) is 0 Å². The molecule has 32 heavy (non-hydrogen) atoms. The van der Waals surface area contributed by atoms with Gasteiger partial charge in [-0.3, -0.25) is 0 Å². The van der Waals surface area contributed by atoms with E-state index >= 15 is 0 Å². The molecule has 0 spiro atoms. The summed E-state index contributed by atoms with van der Waals surface area (Å²) in [6, 6.07) is 12.6. The van der Waals surface area contributed by atoms with Crippen molar-refractivity contribution in [1.82, 2.24) is 15.3 Å². The number of rotatable bonds is 5. The van der Waals surface area contributed by atoms with Crippen LogP contribution in [0.25, 0.3) is 0 Å². The molecule has 1 aromatic carbocycles. The van der Waals surface area contributed by atoms with Crippen LogP contribution in [-0.4, -0.2) is 41.3 Å². The highest BCUT2D eigenvalue weighted by Gasteiger charge is 2.21. The Morgan fingerprint density at radius 3 is 2.31 bits per heavy atom. The van der Waals surface area contributed by atoms with Crippen LogP contribution in [0.1, 0.15) is 64.0 Å². The van der Waals surface area contributed by atoms with Crippen LogP contribution in [0.15, 0.2) is 36.4 Å². The Bertz CT molecular complexity index is 861. The molecule has 0 bridgehead atoms. The predicted octanol–water partition coefficient (Wildman–Crippen LogP) is 5.14. The number of piperidine rings is 1. The van der Waals surface area contributed by atoms with E-state index in [2.05, 4.69) is 52.5 Å². The van der Waals surface area contributed by atoms with Gasteiger partial charge in [-0.05, 0) is 56.3 Å². The molecule has 7 heteroatoms. The van der Waals surface area contributed by atoms with E-state index in [-0.39, 0.29) is 6.04 Å². The van der Waals surface area contributed by atoms with Gasteiger partial charge in [-0.15, -0.1) is 0 Å². The zero-order chi connectivity index (χ0) is 22.3. The number of nitrogens with one attached hydrogen (secondary N) is 2. The molecule has 2 aliphatic rings. The minimum Gasteiger partial charge on any atom is -0.356 e. The zero-order valence-electron chi connectivity index (χ0n) is 19.4. The highest BCUT2D eigenvalue weighted by molar-refractivity contribution is 7.80. The summed E-state index contributed by atoms with van der Waals surface area (Å²) in [4.78, 5) is 14.6. The topological polar surface area (TPSA) is 56.3 Å². The number of hydrogen-bond donors (Lipinski definition) is 2. The average Bonchev–Trinajstić information content (AvgIpc) is 3.09. The minimum absolute atomic E-state index is 0.104. The van der Waals surface area contributed by atoms with E-state index in [0.29, 0.717) is 17.0 Å². The van der Waals surface area contributed by atoms with E-state index in [4.69, 9.17) is 22.2 Å². The van der Waals surface area contributed by atoms with Crippen LogP contribution in [0.3, 0.4) is 0 Å². The smallest absolute Gasteiger partial charge is 0.232 e. The second-order valence-electron chi connectivity index (χ2n) is 9.23. The van der Waals surface area contributed by atoms with Crippen molar-refractivity contribution in [3.05, 3.63) is 42.0 Å². The molecule has 2 saturated heterocycles. The number of aromatic nitrogens is 2. The predicted molar refractivity (Wildman–Crippen MR) is 138 cm³/mol. The van der Waals surface area contributed by atoms with Crippen molar-refractivity contribution in [2.75, 3.05) is 41.3 Å². The van der Waals surface area contributed by atoms with Crippen LogP contribution >= 0.6 is 12.2 Å². The Balaban J connectivity index is 1.53. The molecule has 172 valence electrons. The van der Waals surface area contributed by atoms with E-state index in [1.807, 2.05) is 18.2 Å². The third-order valence-corrected chi connectivity index (χ3v) is 6.70. The van der Waals surface area contributed by atoms with Gasteiger partial charge in [0, 0.05) is 32.2 Å². The largest absolute Gasteiger partial charge is 0.356 e. The molecule has 4 rings (SSSR count). The van der Waals surface area contributed by atoms with Crippen LogP contribution in [0.2, 0.25) is 0 Å². The summed E-state index contributed by atoms with van der Waals surface area (Å²) in [6.07, 6.45) is 7.54. The maximum absolute atomic E-state index is 5.62. The van der Waals surface area contributed by atoms with Crippen molar-refractivity contribution in [3.63, 3.8) is 0 Å². The van der Waals surface area contributed by atoms with Gasteiger partial charge in [0.15, 0.2) is 5.11 Å². The maximum Gasteiger partial charge on any atom is 0.232 e. The van der Waals surface area contributed by atoms with E-state index < -0.39 is 0 Å². The van der Waals surface area contributed by atoms with Gasteiger partial charge in [0.05, 0.1) is 6.04 Å². The van der Waals surface area contributed by atoms with Crippen LogP contribution in [0.4, 0.5) is 17.6 Å². The Hall–Kier alpha value is -2.41. The second-order valence-corrected chi connectivity index (χ2v) is 9.64. The molecule has 6 nitrogen and oxygen atoms in total. The Labute approximate surface area is 197 Å². The van der Waals surface area contributed by atoms with Gasteiger partial charge in [-0.1, -0.05) is 50.1 Å². The summed E-state index contributed by atoms with van der Waals surface area (Å²) < 4.78 is 0. The lowest BCUT2D eigenvalue weighted by molar-refractivity contribution is 0.444. The number of nitrogens with zero attached hydrogens (tertiary/aromatic N) is 4. The van der Waals surface area contributed by atoms with Crippen LogP contribution < -0.4 is 20.4 Å². The van der Waals surface area contributed by atoms with Gasteiger partial charge < -0.3 is 20.4 Å². The molecular formula is C25H36N6S. The highest BCUT2D eigenvalue weighted by Crippen LogP contribution is 2.27. The van der Waals surface area contributed by atoms with Crippen LogP contribution in [0, 0.1) is 5.92 Å². The lowest BCUT2D eigenvalue weighted by atomic mass is 10.0. The standard InChI is InChI=1S/C25H36N6S/c1-19-11-10-16-31(18-19)23-17-22(30-14-8-3-4-9-15-30)27-24(28-23)29-25(32)26-20(2)21-12-6-5-7-13-21/h5-7,12-13,17,19-20H,3-4,8-11,14-16,18H2,1-2H3,(H2,26,27,28,29,32)/t19-,20-/m0/s1. The lowest BCUT2D eigenvalue weighted by Crippen LogP contribution is -2.36. The fraction of sp³-hybridized carbons (Fsp3) is 0.560. The summed E-state index contributed by atoms with van der Waals surface area (Å²) >= 11 is 5.62. The first-order valence-corrected chi connectivity index (χ1v) is 12.5. The SMILES string of the molecule is C[C@H]1CCCN(c2cc(N3CCCCCC3)nc(NC(=S)N[C@@H](C)c3ccccc3)n2)C1. The molecule has 0 saturated carbocycles. The Morgan fingerprint density at radius 1 is 0.969 bits per heavy atom. The fourth-order valence-electron chi connectivity index (χ4n) is 4.66. The van der Waals surface area contributed by atoms with Crippen molar-refractivity contribution in [2.24, 2.45) is 5.92 Å². The summed E-state index contributed by atoms with van der Waals surface area (Å²) in [6.45, 7) is 8.64. The van der Waals surface area contributed by atoms with Crippen molar-refractivity contribution in [2.45, 2.75) is 58.4 Å². The monoisotopic (exact) mass is 452 g/mol. The van der Waals surface area contributed by atoms with E-state index in [1.54, 1.807) is 0 Å². The van der Waals surface area contributed by atoms with E-state index in [1.165, 1.54) is 44.1 Å². The first-order valence-electron chi connectivity index (χ1n) is 12.1. The molecule has 2 atom stereocenters. The summed E-state index contributed by atoms with van der Waals surface area (Å²) in [5.41, 5.74) is 1.19. The van der Waals surface area contributed by atoms with Crippen LogP contribution in [0.5, 0.6) is 0 Å². The highest BCUT2D eigenvalue weighted by atomic mass is 32.1. The number of benzene rings is 1. The maximum atomic E-state index is 5.62. The van der Waals surface area contributed by atoms with Gasteiger partial charge in [0.2, 0.25) is 5.95 Å². The molecule has 0 amide bonds. The van der Waals surface area contributed by atoms with E-state index in [9.17, 15) is 0 Å². The van der Waals surface area contributed by atoms with Crippen molar-refractivity contribution >= 4 is 34.9 Å². The number of thiocarbonyl (C=S) groups is 1. The molecular weight excluding hydrogens is 416 g/mol. The quantitative estimate of drug-likeness (QED) is 0.609. The lowest BCUT2D eigenvalue weighted by Gasteiger charge is -2.33. The molecule has 2 aliphatic heterocycles. The first kappa shape index (κ1) is 22.8. The van der Waals surface area contributed by atoms with Gasteiger partial charge in [0.25, 0.3) is 0 Å². The molecule has 1 aromatic heterocycles. The fourth-order valence-corrected chi connectivity index (χ4v) is 4.93. The van der Waals surface area contributed by atoms with Crippen molar-refractivity contribution in [3.8, 4) is 0 Å². The molecule has 3 heterocycles. The molecule has 2 aromatic rings. The Kier molecular flexibility index (Phi) is 7.79. The van der Waals surface area contributed by atoms with Gasteiger partial charge in [0.1, 0.15) is 11.6 Å². The summed E-state index contributed by atoms with van der Waals surface area (Å²) in [5.74, 6) is 3.28. The third kappa shape index (κ3) is 6.09. The first-order chi connectivity index (χ1) is 15.6. The third-order valence-electron chi connectivity index (χ3n) is 6.48. The van der Waals surface area contributed by atoms with Crippen molar-refractivity contribution < 1.29 is 0 Å². The van der Waals surface area contributed by atoms with Crippen molar-refractivity contribution in [1.29, 1.82) is 0 Å². The molecule has 0 radical (unpaired) electrons. The van der Waals surface area contributed by atoms with E-state index in [0.717, 1.165) is 37.8 Å². The molecule has 2 N–H and O–H groups in total. The second kappa shape index (κ2) is 10.9. The normalized spacial score (nSPS) is 20.4. The average molecular weight is 453 g/mol. The van der Waals surface area contributed by atoms with Crippen LogP contribution in [-0.2, 0) is 0 Å². The van der Waals surface area contributed by atoms with Gasteiger partial charge in [-0.2, -0.15) is 9.97 Å². The Morgan fingerprint density at radius 2 is 1.62 bits per heavy atom. The minimum atomic E-state index is 0.104. The summed E-state index contributed by atoms with van der Waals surface area (Å²) in [5, 5.41) is 7.19. The molecule has 0 aliphatic carbocycles. The summed E-state index contributed by atoms with van der Waals surface area (Å²) in [7, 11) is 0. The van der Waals surface area contributed by atoms with Gasteiger partial charge >= 0.3 is 0 Å². The molecule has 0 unspecified atom stereocenters.